The first-order chi connectivity index (χ1) is 13.2. The summed E-state index contributed by atoms with van der Waals surface area (Å²) in [5.74, 6) is 1.07. The van der Waals surface area contributed by atoms with Crippen molar-refractivity contribution >= 4 is 5.91 Å². The molecule has 6 heteroatoms. The van der Waals surface area contributed by atoms with Crippen LogP contribution in [0, 0.1) is 0 Å². The van der Waals surface area contributed by atoms with E-state index in [9.17, 15) is 4.79 Å². The van der Waals surface area contributed by atoms with Crippen LogP contribution in [0.5, 0.6) is 5.75 Å². The Morgan fingerprint density at radius 3 is 3.07 bits per heavy atom. The molecule has 3 aliphatic heterocycles. The van der Waals surface area contributed by atoms with Gasteiger partial charge in [-0.05, 0) is 29.8 Å². The molecule has 1 aromatic carbocycles. The van der Waals surface area contributed by atoms with Crippen molar-refractivity contribution < 1.29 is 14.3 Å². The van der Waals surface area contributed by atoms with E-state index in [-0.39, 0.29) is 17.7 Å². The number of hydrogen-bond donors (Lipinski definition) is 0. The second-order valence-electron chi connectivity index (χ2n) is 7.44. The lowest BCUT2D eigenvalue weighted by Crippen LogP contribution is -2.47. The Kier molecular flexibility index (Phi) is 4.10. The van der Waals surface area contributed by atoms with Gasteiger partial charge < -0.3 is 14.4 Å². The topological polar surface area (TPSA) is 54.9 Å². The van der Waals surface area contributed by atoms with Crippen LogP contribution in [0.3, 0.4) is 0 Å². The minimum Gasteiger partial charge on any atom is -0.487 e. The van der Waals surface area contributed by atoms with Gasteiger partial charge >= 0.3 is 0 Å². The number of carbonyl (C=O) groups excluding carboxylic acids is 1. The Hall–Kier alpha value is -2.44. The Bertz CT molecular complexity index is 844. The molecule has 0 saturated carbocycles. The number of likely N-dealkylation sites (tertiary alicyclic amines) is 1. The molecule has 0 N–H and O–H groups in total. The van der Waals surface area contributed by atoms with E-state index in [1.807, 2.05) is 35.2 Å². The van der Waals surface area contributed by atoms with Gasteiger partial charge in [-0.2, -0.15) is 0 Å². The van der Waals surface area contributed by atoms with Crippen LogP contribution in [0.15, 0.2) is 48.7 Å². The Morgan fingerprint density at radius 1 is 1.22 bits per heavy atom. The van der Waals surface area contributed by atoms with Crippen molar-refractivity contribution in [2.45, 2.75) is 37.8 Å². The van der Waals surface area contributed by atoms with Crippen molar-refractivity contribution in [2.75, 3.05) is 19.7 Å². The summed E-state index contributed by atoms with van der Waals surface area (Å²) >= 11 is 0. The number of nitrogens with zero attached hydrogens (tertiary/aromatic N) is 3. The summed E-state index contributed by atoms with van der Waals surface area (Å²) < 4.78 is 12.0. The third kappa shape index (κ3) is 2.89. The number of ether oxygens (including phenoxy) is 2. The number of hydrogen-bond acceptors (Lipinski definition) is 5. The Labute approximate surface area is 158 Å². The zero-order chi connectivity index (χ0) is 18.3. The maximum atomic E-state index is 12.3. The van der Waals surface area contributed by atoms with Crippen LogP contribution in [0.4, 0.5) is 0 Å². The first-order valence-corrected chi connectivity index (χ1v) is 9.55. The average molecular weight is 365 g/mol. The minimum atomic E-state index is -0.371. The SMILES string of the molecule is O=C1C[C@H]2N(Cc3cccc(OCc4ccccn4)c3)CC[C@]23OCCN13. The average Bonchev–Trinajstić information content (AvgIpc) is 3.34. The highest BCUT2D eigenvalue weighted by molar-refractivity contribution is 5.81. The van der Waals surface area contributed by atoms with Gasteiger partial charge in [-0.15, -0.1) is 0 Å². The van der Waals surface area contributed by atoms with E-state index in [1.54, 1.807) is 6.20 Å². The van der Waals surface area contributed by atoms with Crippen LogP contribution in [-0.2, 0) is 22.7 Å². The first-order valence-electron chi connectivity index (χ1n) is 9.55. The van der Waals surface area contributed by atoms with E-state index in [4.69, 9.17) is 9.47 Å². The maximum Gasteiger partial charge on any atom is 0.226 e. The van der Waals surface area contributed by atoms with E-state index in [0.717, 1.165) is 37.5 Å². The molecule has 6 nitrogen and oxygen atoms in total. The van der Waals surface area contributed by atoms with Crippen LogP contribution in [0.2, 0.25) is 0 Å². The fourth-order valence-corrected chi connectivity index (χ4v) is 4.67. The molecule has 27 heavy (non-hydrogen) atoms. The van der Waals surface area contributed by atoms with E-state index in [1.165, 1.54) is 5.56 Å². The van der Waals surface area contributed by atoms with E-state index < -0.39 is 0 Å². The van der Waals surface area contributed by atoms with Gasteiger partial charge in [-0.25, -0.2) is 0 Å². The van der Waals surface area contributed by atoms with Crippen LogP contribution in [0.1, 0.15) is 24.1 Å². The van der Waals surface area contributed by atoms with E-state index >= 15 is 0 Å². The lowest BCUT2D eigenvalue weighted by Gasteiger charge is -2.31. The molecule has 3 aliphatic rings. The van der Waals surface area contributed by atoms with Crippen LogP contribution in [-0.4, -0.2) is 52.2 Å². The number of amides is 1. The molecule has 0 radical (unpaired) electrons. The summed E-state index contributed by atoms with van der Waals surface area (Å²) in [4.78, 5) is 21.0. The van der Waals surface area contributed by atoms with Crippen molar-refractivity contribution in [2.24, 2.45) is 0 Å². The number of pyridine rings is 1. The third-order valence-corrected chi connectivity index (χ3v) is 5.91. The van der Waals surface area contributed by atoms with Gasteiger partial charge in [-0.3, -0.25) is 14.7 Å². The van der Waals surface area contributed by atoms with Crippen LogP contribution < -0.4 is 4.74 Å². The molecule has 0 unspecified atom stereocenters. The monoisotopic (exact) mass is 365 g/mol. The predicted octanol–water partition coefficient (Wildman–Crippen LogP) is 2.19. The van der Waals surface area contributed by atoms with Gasteiger partial charge in [-0.1, -0.05) is 18.2 Å². The van der Waals surface area contributed by atoms with Crippen molar-refractivity contribution in [1.82, 2.24) is 14.8 Å². The van der Waals surface area contributed by atoms with Crippen molar-refractivity contribution in [1.29, 1.82) is 0 Å². The highest BCUT2D eigenvalue weighted by Crippen LogP contribution is 2.45. The normalized spacial score (nSPS) is 27.0. The smallest absolute Gasteiger partial charge is 0.226 e. The standard InChI is InChI=1S/C21H23N3O3/c25-20-13-19-21(24(20)10-11-27-21)7-9-23(19)14-16-4-3-6-18(12-16)26-15-17-5-1-2-8-22-17/h1-6,8,12,19H,7,9-11,13-15H2/t19-,21+/m1/s1. The van der Waals surface area contributed by atoms with Crippen molar-refractivity contribution in [3.05, 3.63) is 59.9 Å². The summed E-state index contributed by atoms with van der Waals surface area (Å²) in [5, 5.41) is 0. The number of rotatable bonds is 5. The lowest BCUT2D eigenvalue weighted by molar-refractivity contribution is -0.136. The van der Waals surface area contributed by atoms with E-state index in [2.05, 4.69) is 22.0 Å². The number of carbonyl (C=O) groups is 1. The van der Waals surface area contributed by atoms with Gasteiger partial charge in [0.2, 0.25) is 5.91 Å². The molecular weight excluding hydrogens is 342 g/mol. The molecule has 4 heterocycles. The Morgan fingerprint density at radius 2 is 2.19 bits per heavy atom. The fourth-order valence-electron chi connectivity index (χ4n) is 4.67. The molecule has 5 rings (SSSR count). The maximum absolute atomic E-state index is 12.3. The van der Waals surface area contributed by atoms with Gasteiger partial charge in [0, 0.05) is 38.7 Å². The highest BCUT2D eigenvalue weighted by Gasteiger charge is 2.61. The molecule has 3 fully saturated rings. The van der Waals surface area contributed by atoms with Crippen molar-refractivity contribution in [3.8, 4) is 5.75 Å². The quantitative estimate of drug-likeness (QED) is 0.813. The molecule has 2 atom stereocenters. The fraction of sp³-hybridized carbons (Fsp3) is 0.429. The molecule has 1 amide bonds. The number of benzene rings is 1. The second-order valence-corrected chi connectivity index (χ2v) is 7.44. The molecule has 1 spiro atoms. The summed E-state index contributed by atoms with van der Waals surface area (Å²) in [6, 6.07) is 14.2. The van der Waals surface area contributed by atoms with Gasteiger partial charge in [0.1, 0.15) is 12.4 Å². The molecule has 140 valence electrons. The van der Waals surface area contributed by atoms with Crippen LogP contribution >= 0.6 is 0 Å². The van der Waals surface area contributed by atoms with Crippen molar-refractivity contribution in [3.63, 3.8) is 0 Å². The zero-order valence-corrected chi connectivity index (χ0v) is 15.2. The van der Waals surface area contributed by atoms with Gasteiger partial charge in [0.05, 0.1) is 18.3 Å². The molecular formula is C21H23N3O3. The first kappa shape index (κ1) is 16.7. The molecule has 2 aromatic rings. The lowest BCUT2D eigenvalue weighted by atomic mass is 10.1. The summed E-state index contributed by atoms with van der Waals surface area (Å²) in [6.45, 7) is 3.61. The van der Waals surface area contributed by atoms with E-state index in [0.29, 0.717) is 19.6 Å². The molecule has 1 aromatic heterocycles. The summed E-state index contributed by atoms with van der Waals surface area (Å²) in [5.41, 5.74) is 1.73. The van der Waals surface area contributed by atoms with Crippen LogP contribution in [0.25, 0.3) is 0 Å². The summed E-state index contributed by atoms with van der Waals surface area (Å²) in [6.07, 6.45) is 3.24. The van der Waals surface area contributed by atoms with Gasteiger partial charge in [0.25, 0.3) is 0 Å². The number of aromatic nitrogens is 1. The highest BCUT2D eigenvalue weighted by atomic mass is 16.5. The molecule has 3 saturated heterocycles. The largest absolute Gasteiger partial charge is 0.487 e. The Balaban J connectivity index is 1.27. The predicted molar refractivity (Wildman–Crippen MR) is 98.8 cm³/mol. The molecule has 0 aliphatic carbocycles. The second kappa shape index (κ2) is 6.62. The zero-order valence-electron chi connectivity index (χ0n) is 15.2. The minimum absolute atomic E-state index is 0.158. The molecule has 0 bridgehead atoms. The van der Waals surface area contributed by atoms with Gasteiger partial charge in [0.15, 0.2) is 5.72 Å². The summed E-state index contributed by atoms with van der Waals surface area (Å²) in [7, 11) is 0. The third-order valence-electron chi connectivity index (χ3n) is 5.91.